The van der Waals surface area contributed by atoms with Crippen molar-refractivity contribution in [1.82, 2.24) is 20.4 Å². The average Bonchev–Trinajstić information content (AvgIpc) is 3.09. The third-order valence-electron chi connectivity index (χ3n) is 7.21. The molecule has 0 spiro atoms. The molecular formula is C24H40N4O5. The van der Waals surface area contributed by atoms with Crippen LogP contribution in [0.25, 0.3) is 0 Å². The highest BCUT2D eigenvalue weighted by Gasteiger charge is 2.57. The summed E-state index contributed by atoms with van der Waals surface area (Å²) in [6.45, 7) is 10.0. The van der Waals surface area contributed by atoms with Crippen LogP contribution in [0.4, 0.5) is 0 Å². The van der Waals surface area contributed by atoms with Gasteiger partial charge in [0.25, 0.3) is 0 Å². The standard InChI is InChI=1S/C24H40N4O5/c1-15(2)13-17(14-29)28-21(23(31)26-7-8-27-9-11-33-12-10-27)18-6-5-16(3)19(22(30)25-4)20(18)24(28)32/h5-6,15-21,29H,7-14H2,1-4H3,(H,25,30)(H,26,31)/t16-,17-,18+,19-,20+,21+/m1/s1. The maximum absolute atomic E-state index is 13.7. The minimum absolute atomic E-state index is 0.113. The molecule has 0 saturated carbocycles. The number of fused-ring (bicyclic) bond motifs is 1. The van der Waals surface area contributed by atoms with Gasteiger partial charge in [-0.25, -0.2) is 0 Å². The Morgan fingerprint density at radius 3 is 2.52 bits per heavy atom. The number of aliphatic hydroxyl groups excluding tert-OH is 1. The fraction of sp³-hybridized carbons (Fsp3) is 0.792. The molecule has 9 heteroatoms. The number of nitrogens with one attached hydrogen (secondary N) is 2. The molecule has 0 radical (unpaired) electrons. The summed E-state index contributed by atoms with van der Waals surface area (Å²) in [7, 11) is 1.57. The first-order valence-corrected chi connectivity index (χ1v) is 12.2. The number of carbonyl (C=O) groups is 3. The monoisotopic (exact) mass is 464 g/mol. The Balaban J connectivity index is 1.84. The average molecular weight is 465 g/mol. The minimum Gasteiger partial charge on any atom is -0.394 e. The summed E-state index contributed by atoms with van der Waals surface area (Å²) in [5.74, 6) is -2.04. The van der Waals surface area contributed by atoms with Gasteiger partial charge < -0.3 is 25.4 Å². The summed E-state index contributed by atoms with van der Waals surface area (Å²) in [6, 6.07) is -1.20. The third kappa shape index (κ3) is 5.58. The molecule has 3 aliphatic rings. The van der Waals surface area contributed by atoms with Crippen molar-refractivity contribution in [2.45, 2.75) is 39.3 Å². The van der Waals surface area contributed by atoms with E-state index in [2.05, 4.69) is 15.5 Å². The highest BCUT2D eigenvalue weighted by Crippen LogP contribution is 2.45. The van der Waals surface area contributed by atoms with Crippen molar-refractivity contribution < 1.29 is 24.2 Å². The van der Waals surface area contributed by atoms with E-state index in [1.165, 1.54) is 0 Å². The molecule has 0 aromatic rings. The lowest BCUT2D eigenvalue weighted by atomic mass is 9.70. The summed E-state index contributed by atoms with van der Waals surface area (Å²) in [6.07, 6.45) is 4.47. The predicted molar refractivity (Wildman–Crippen MR) is 124 cm³/mol. The van der Waals surface area contributed by atoms with E-state index >= 15 is 0 Å². The second kappa shape index (κ2) is 11.4. The number of hydrogen-bond donors (Lipinski definition) is 3. The Bertz CT molecular complexity index is 736. The summed E-state index contributed by atoms with van der Waals surface area (Å²) in [4.78, 5) is 43.8. The zero-order valence-corrected chi connectivity index (χ0v) is 20.3. The van der Waals surface area contributed by atoms with E-state index in [0.717, 1.165) is 13.1 Å². The molecule has 6 atom stereocenters. The Labute approximate surface area is 196 Å². The fourth-order valence-corrected chi connectivity index (χ4v) is 5.59. The maximum atomic E-state index is 13.7. The second-order valence-electron chi connectivity index (χ2n) is 9.89. The van der Waals surface area contributed by atoms with Crippen molar-refractivity contribution in [3.05, 3.63) is 12.2 Å². The van der Waals surface area contributed by atoms with Crippen LogP contribution in [0.2, 0.25) is 0 Å². The Hall–Kier alpha value is -1.97. The molecule has 3 rings (SSSR count). The van der Waals surface area contributed by atoms with Gasteiger partial charge in [-0.2, -0.15) is 0 Å². The van der Waals surface area contributed by atoms with Crippen LogP contribution in [0.1, 0.15) is 27.2 Å². The number of morpholine rings is 1. The van der Waals surface area contributed by atoms with Crippen LogP contribution in [-0.4, -0.2) is 97.8 Å². The number of ether oxygens (including phenoxy) is 1. The highest BCUT2D eigenvalue weighted by atomic mass is 16.5. The third-order valence-corrected chi connectivity index (χ3v) is 7.21. The van der Waals surface area contributed by atoms with Gasteiger partial charge in [0.15, 0.2) is 0 Å². The van der Waals surface area contributed by atoms with Gasteiger partial charge in [0.05, 0.1) is 37.7 Å². The molecule has 2 aliphatic heterocycles. The molecule has 0 aromatic carbocycles. The number of aliphatic hydroxyl groups is 1. The first kappa shape index (κ1) is 25.6. The molecular weight excluding hydrogens is 424 g/mol. The van der Waals surface area contributed by atoms with Crippen LogP contribution in [0.5, 0.6) is 0 Å². The molecule has 2 heterocycles. The molecule has 0 aromatic heterocycles. The summed E-state index contributed by atoms with van der Waals surface area (Å²) < 4.78 is 5.37. The molecule has 3 N–H and O–H groups in total. The Morgan fingerprint density at radius 1 is 1.21 bits per heavy atom. The maximum Gasteiger partial charge on any atom is 0.243 e. The SMILES string of the molecule is CNC(=O)[C@H]1[C@H]2C(=O)N([C@@H](CO)CC(C)C)[C@H](C(=O)NCCN3CCOCC3)[C@H]2C=C[C@H]1C. The molecule has 0 unspecified atom stereocenters. The zero-order chi connectivity index (χ0) is 24.1. The molecule has 1 aliphatic carbocycles. The minimum atomic E-state index is -0.737. The molecule has 186 valence electrons. The first-order valence-electron chi connectivity index (χ1n) is 12.2. The Kier molecular flexibility index (Phi) is 8.89. The van der Waals surface area contributed by atoms with Crippen LogP contribution in [-0.2, 0) is 19.1 Å². The van der Waals surface area contributed by atoms with Crippen LogP contribution in [0, 0.1) is 29.6 Å². The molecule has 9 nitrogen and oxygen atoms in total. The first-order chi connectivity index (χ1) is 15.8. The highest BCUT2D eigenvalue weighted by molar-refractivity contribution is 5.97. The van der Waals surface area contributed by atoms with Gasteiger partial charge >= 0.3 is 0 Å². The van der Waals surface area contributed by atoms with Gasteiger partial charge in [0.2, 0.25) is 17.7 Å². The van der Waals surface area contributed by atoms with Crippen LogP contribution >= 0.6 is 0 Å². The lowest BCUT2D eigenvalue weighted by molar-refractivity contribution is -0.143. The van der Waals surface area contributed by atoms with Crippen LogP contribution in [0.3, 0.4) is 0 Å². The van der Waals surface area contributed by atoms with E-state index in [4.69, 9.17) is 4.74 Å². The van der Waals surface area contributed by atoms with Crippen molar-refractivity contribution in [3.63, 3.8) is 0 Å². The van der Waals surface area contributed by atoms with E-state index in [1.807, 2.05) is 32.9 Å². The summed E-state index contributed by atoms with van der Waals surface area (Å²) >= 11 is 0. The molecule has 0 bridgehead atoms. The van der Waals surface area contributed by atoms with Gasteiger partial charge in [0.1, 0.15) is 6.04 Å². The van der Waals surface area contributed by atoms with Gasteiger partial charge in [-0.15, -0.1) is 0 Å². The van der Waals surface area contributed by atoms with Crippen LogP contribution < -0.4 is 10.6 Å². The largest absolute Gasteiger partial charge is 0.394 e. The fourth-order valence-electron chi connectivity index (χ4n) is 5.59. The van der Waals surface area contributed by atoms with Gasteiger partial charge in [-0.05, 0) is 18.3 Å². The number of hydrogen-bond acceptors (Lipinski definition) is 6. The van der Waals surface area contributed by atoms with Crippen molar-refractivity contribution in [2.75, 3.05) is 53.0 Å². The van der Waals surface area contributed by atoms with Crippen molar-refractivity contribution in [3.8, 4) is 0 Å². The number of rotatable bonds is 9. The lowest BCUT2D eigenvalue weighted by Gasteiger charge is -2.34. The second-order valence-corrected chi connectivity index (χ2v) is 9.89. The predicted octanol–water partition coefficient (Wildman–Crippen LogP) is -0.147. The number of allylic oxidation sites excluding steroid dienone is 1. The summed E-state index contributed by atoms with van der Waals surface area (Å²) in [5, 5.41) is 15.9. The topological polar surface area (TPSA) is 111 Å². The van der Waals surface area contributed by atoms with Crippen molar-refractivity contribution in [1.29, 1.82) is 0 Å². The lowest BCUT2D eigenvalue weighted by Crippen LogP contribution is -2.53. The summed E-state index contributed by atoms with van der Waals surface area (Å²) in [5.41, 5.74) is 0. The van der Waals surface area contributed by atoms with E-state index in [0.29, 0.717) is 32.7 Å². The van der Waals surface area contributed by atoms with E-state index < -0.39 is 29.8 Å². The van der Waals surface area contributed by atoms with Crippen molar-refractivity contribution in [2.24, 2.45) is 29.6 Å². The number of nitrogens with zero attached hydrogens (tertiary/aromatic N) is 2. The molecule has 3 amide bonds. The normalized spacial score (nSPS) is 30.9. The quantitative estimate of drug-likeness (QED) is 0.410. The molecule has 2 saturated heterocycles. The van der Waals surface area contributed by atoms with Crippen LogP contribution in [0.15, 0.2) is 12.2 Å². The Morgan fingerprint density at radius 2 is 1.91 bits per heavy atom. The van der Waals surface area contributed by atoms with E-state index in [9.17, 15) is 19.5 Å². The molecule has 2 fully saturated rings. The molecule has 33 heavy (non-hydrogen) atoms. The number of amides is 3. The van der Waals surface area contributed by atoms with E-state index in [1.54, 1.807) is 11.9 Å². The zero-order valence-electron chi connectivity index (χ0n) is 20.3. The number of carbonyl (C=O) groups excluding carboxylic acids is 3. The van der Waals surface area contributed by atoms with E-state index in [-0.39, 0.29) is 36.2 Å². The van der Waals surface area contributed by atoms with Gasteiger partial charge in [-0.1, -0.05) is 32.9 Å². The van der Waals surface area contributed by atoms with Gasteiger partial charge in [0, 0.05) is 39.1 Å². The van der Waals surface area contributed by atoms with Crippen molar-refractivity contribution >= 4 is 17.7 Å². The number of likely N-dealkylation sites (tertiary alicyclic amines) is 1. The van der Waals surface area contributed by atoms with Gasteiger partial charge in [-0.3, -0.25) is 19.3 Å². The smallest absolute Gasteiger partial charge is 0.243 e.